The summed E-state index contributed by atoms with van der Waals surface area (Å²) in [6, 6.07) is 19.6. The third-order valence-corrected chi connectivity index (χ3v) is 8.31. The number of carbonyl (C=O) groups excluding carboxylic acids is 1. The Hall–Kier alpha value is -3.76. The fourth-order valence-electron chi connectivity index (χ4n) is 3.88. The minimum Gasteiger partial charge on any atom is -0.497 e. The molecule has 0 saturated carbocycles. The molecule has 0 saturated heterocycles. The summed E-state index contributed by atoms with van der Waals surface area (Å²) in [5, 5.41) is 0.294. The molecule has 1 aromatic heterocycles. The molecule has 0 amide bonds. The number of sulfonamides is 1. The van der Waals surface area contributed by atoms with Gasteiger partial charge in [-0.2, -0.15) is 0 Å². The van der Waals surface area contributed by atoms with Crippen LogP contribution in [0.3, 0.4) is 0 Å². The van der Waals surface area contributed by atoms with Gasteiger partial charge in [0.1, 0.15) is 16.5 Å². The van der Waals surface area contributed by atoms with Gasteiger partial charge in [0.25, 0.3) is 10.0 Å². The van der Waals surface area contributed by atoms with Crippen molar-refractivity contribution in [2.75, 3.05) is 17.2 Å². The van der Waals surface area contributed by atoms with E-state index in [0.29, 0.717) is 33.3 Å². The smallest absolute Gasteiger partial charge is 0.268 e. The molecular formula is C26H20FN3O4S2. The van der Waals surface area contributed by atoms with Crippen LogP contribution in [-0.2, 0) is 16.6 Å². The first kappa shape index (κ1) is 24.0. The minimum atomic E-state index is -3.98. The van der Waals surface area contributed by atoms with Gasteiger partial charge in [-0.15, -0.1) is 0 Å². The van der Waals surface area contributed by atoms with Gasteiger partial charge in [-0.1, -0.05) is 54.2 Å². The number of hydrogen-bond donors (Lipinski definition) is 0. The van der Waals surface area contributed by atoms with E-state index < -0.39 is 15.8 Å². The van der Waals surface area contributed by atoms with Crippen molar-refractivity contribution in [2.24, 2.45) is 0 Å². The number of para-hydroxylation sites is 1. The van der Waals surface area contributed by atoms with E-state index in [-0.39, 0.29) is 28.7 Å². The highest BCUT2D eigenvalue weighted by atomic mass is 32.2. The van der Waals surface area contributed by atoms with Crippen molar-refractivity contribution in [2.45, 2.75) is 16.6 Å². The first-order valence-corrected chi connectivity index (χ1v) is 13.3. The zero-order valence-corrected chi connectivity index (χ0v) is 20.7. The Morgan fingerprint density at radius 2 is 1.83 bits per heavy atom. The number of methoxy groups -OCH3 is 1. The second-order valence-corrected chi connectivity index (χ2v) is 10.7. The zero-order chi connectivity index (χ0) is 25.3. The number of ketones is 1. The summed E-state index contributed by atoms with van der Waals surface area (Å²) in [4.78, 5) is 21.4. The largest absolute Gasteiger partial charge is 0.497 e. The summed E-state index contributed by atoms with van der Waals surface area (Å²) in [6.07, 6.45) is 1.28. The number of nitrogens with zero attached hydrogens (tertiary/aromatic N) is 3. The molecule has 0 aliphatic carbocycles. The van der Waals surface area contributed by atoms with Crippen LogP contribution in [0.15, 0.2) is 89.0 Å². The van der Waals surface area contributed by atoms with Crippen LogP contribution in [-0.4, -0.2) is 37.0 Å². The number of fused-ring (bicyclic) bond motifs is 3. The maximum Gasteiger partial charge on any atom is 0.268 e. The first-order valence-electron chi connectivity index (χ1n) is 10.9. The number of carbonyl (C=O) groups is 1. The highest BCUT2D eigenvalue weighted by molar-refractivity contribution is 7.99. The number of Topliss-reactive ketones (excluding diaryl/α,β-unsaturated/α-hetero) is 1. The molecule has 5 rings (SSSR count). The van der Waals surface area contributed by atoms with E-state index >= 15 is 0 Å². The average molecular weight is 522 g/mol. The number of thioether (sulfide) groups is 1. The van der Waals surface area contributed by atoms with Crippen LogP contribution in [0.25, 0.3) is 11.3 Å². The van der Waals surface area contributed by atoms with Crippen LogP contribution in [0.4, 0.5) is 10.1 Å². The van der Waals surface area contributed by atoms with E-state index in [4.69, 9.17) is 4.74 Å². The van der Waals surface area contributed by atoms with Gasteiger partial charge in [0.2, 0.25) is 0 Å². The number of aromatic nitrogens is 2. The van der Waals surface area contributed by atoms with Crippen LogP contribution in [0.5, 0.6) is 5.75 Å². The SMILES string of the molecule is COc1cccc(C(=O)CSc2ncc3c(n2)-c2ccccc2N(Cc2ccc(F)cc2)S3(=O)=O)c1. The molecule has 36 heavy (non-hydrogen) atoms. The lowest BCUT2D eigenvalue weighted by molar-refractivity contribution is 0.102. The predicted octanol–water partition coefficient (Wildman–Crippen LogP) is 4.98. The van der Waals surface area contributed by atoms with Crippen LogP contribution in [0.2, 0.25) is 0 Å². The molecular weight excluding hydrogens is 501 g/mol. The maximum absolute atomic E-state index is 13.6. The van der Waals surface area contributed by atoms with Gasteiger partial charge in [-0.05, 0) is 35.9 Å². The third-order valence-electron chi connectivity index (χ3n) is 5.69. The number of anilines is 1. The van der Waals surface area contributed by atoms with E-state index in [0.717, 1.165) is 11.8 Å². The van der Waals surface area contributed by atoms with Crippen molar-refractivity contribution >= 4 is 33.3 Å². The number of hydrogen-bond acceptors (Lipinski definition) is 7. The summed E-state index contributed by atoms with van der Waals surface area (Å²) in [5.74, 6) is 0.146. The fourth-order valence-corrected chi connectivity index (χ4v) is 6.15. The van der Waals surface area contributed by atoms with Crippen molar-refractivity contribution in [3.63, 3.8) is 0 Å². The van der Waals surface area contributed by atoms with Gasteiger partial charge in [0.05, 0.1) is 37.0 Å². The summed E-state index contributed by atoms with van der Waals surface area (Å²) in [5.41, 5.74) is 2.53. The molecule has 7 nitrogen and oxygen atoms in total. The molecule has 4 aromatic rings. The third kappa shape index (κ3) is 4.57. The van der Waals surface area contributed by atoms with Crippen LogP contribution in [0.1, 0.15) is 15.9 Å². The Bertz CT molecular complexity index is 1560. The lowest BCUT2D eigenvalue weighted by Gasteiger charge is -2.31. The van der Waals surface area contributed by atoms with Crippen molar-refractivity contribution in [1.29, 1.82) is 0 Å². The molecule has 0 unspecified atom stereocenters. The normalized spacial score (nSPS) is 13.6. The molecule has 1 aliphatic rings. The fraction of sp³-hybridized carbons (Fsp3) is 0.115. The lowest BCUT2D eigenvalue weighted by atomic mass is 10.1. The molecule has 0 atom stereocenters. The number of ether oxygens (including phenoxy) is 1. The van der Waals surface area contributed by atoms with Gasteiger partial charge in [-0.25, -0.2) is 22.8 Å². The topological polar surface area (TPSA) is 89.5 Å². The molecule has 3 aromatic carbocycles. The van der Waals surface area contributed by atoms with Gasteiger partial charge in [0.15, 0.2) is 10.9 Å². The molecule has 0 bridgehead atoms. The number of rotatable bonds is 7. The van der Waals surface area contributed by atoms with Gasteiger partial charge >= 0.3 is 0 Å². The molecule has 1 aliphatic heterocycles. The van der Waals surface area contributed by atoms with Gasteiger partial charge < -0.3 is 4.74 Å². The summed E-state index contributed by atoms with van der Waals surface area (Å²) >= 11 is 1.13. The first-order chi connectivity index (χ1) is 17.4. The molecule has 0 N–H and O–H groups in total. The Morgan fingerprint density at radius 3 is 2.61 bits per heavy atom. The van der Waals surface area contributed by atoms with Crippen molar-refractivity contribution in [3.8, 4) is 17.0 Å². The highest BCUT2D eigenvalue weighted by Gasteiger charge is 2.36. The second kappa shape index (κ2) is 9.71. The quantitative estimate of drug-likeness (QED) is 0.193. The second-order valence-electron chi connectivity index (χ2n) is 7.96. The van der Waals surface area contributed by atoms with Crippen LogP contribution >= 0.6 is 11.8 Å². The Labute approximate surface area is 212 Å². The van der Waals surface area contributed by atoms with Crippen LogP contribution < -0.4 is 9.04 Å². The Morgan fingerprint density at radius 1 is 1.06 bits per heavy atom. The zero-order valence-electron chi connectivity index (χ0n) is 19.1. The van der Waals surface area contributed by atoms with Gasteiger partial charge in [-0.3, -0.25) is 9.10 Å². The Kier molecular flexibility index (Phi) is 6.46. The van der Waals surface area contributed by atoms with Crippen molar-refractivity contribution < 1.29 is 22.3 Å². The summed E-state index contributed by atoms with van der Waals surface area (Å²) < 4.78 is 46.9. The van der Waals surface area contributed by atoms with E-state index in [1.165, 1.54) is 29.7 Å². The van der Waals surface area contributed by atoms with E-state index in [2.05, 4.69) is 9.97 Å². The highest BCUT2D eigenvalue weighted by Crippen LogP contribution is 2.42. The van der Waals surface area contributed by atoms with E-state index in [1.54, 1.807) is 60.7 Å². The van der Waals surface area contributed by atoms with Gasteiger partial charge in [0, 0.05) is 11.1 Å². The molecule has 0 radical (unpaired) electrons. The van der Waals surface area contributed by atoms with Crippen molar-refractivity contribution in [1.82, 2.24) is 9.97 Å². The molecule has 0 fully saturated rings. The number of halogens is 1. The molecule has 2 heterocycles. The monoisotopic (exact) mass is 521 g/mol. The van der Waals surface area contributed by atoms with Crippen molar-refractivity contribution in [3.05, 3.63) is 95.9 Å². The molecule has 10 heteroatoms. The summed E-state index contributed by atoms with van der Waals surface area (Å²) in [7, 11) is -2.45. The maximum atomic E-state index is 13.6. The van der Waals surface area contributed by atoms with Crippen LogP contribution in [0, 0.1) is 5.82 Å². The minimum absolute atomic E-state index is 0.0215. The Balaban J connectivity index is 1.45. The van der Waals surface area contributed by atoms with E-state index in [1.807, 2.05) is 0 Å². The average Bonchev–Trinajstić information content (AvgIpc) is 2.90. The lowest BCUT2D eigenvalue weighted by Crippen LogP contribution is -2.34. The van der Waals surface area contributed by atoms with E-state index in [9.17, 15) is 17.6 Å². The standard InChI is InChI=1S/C26H20FN3O4S2/c1-34-20-6-4-5-18(13-20)23(31)16-35-26-28-14-24-25(29-26)21-7-2-3-8-22(21)30(36(24,32)33)15-17-9-11-19(27)12-10-17/h2-14H,15-16H2,1H3. The predicted molar refractivity (Wildman–Crippen MR) is 135 cm³/mol. The molecule has 0 spiro atoms. The molecule has 182 valence electrons. The number of benzene rings is 3. The summed E-state index contributed by atoms with van der Waals surface area (Å²) in [6.45, 7) is 0.0323.